The number of aryl methyl sites for hydroxylation is 3. The molecule has 0 saturated carbocycles. The average molecular weight is 326 g/mol. The molecule has 1 amide bonds. The summed E-state index contributed by atoms with van der Waals surface area (Å²) in [6.07, 6.45) is 4.92. The van der Waals surface area contributed by atoms with E-state index in [9.17, 15) is 4.79 Å². The molecule has 2 aromatic rings. The van der Waals surface area contributed by atoms with E-state index in [1.807, 2.05) is 24.8 Å². The predicted octanol–water partition coefficient (Wildman–Crippen LogP) is 2.59. The SMILES string of the molecule is Cc1cc(C)nc([C@H]2CCN(C(=O)c3noc4c3CCCC4)C2)n1. The van der Waals surface area contributed by atoms with Crippen molar-refractivity contribution in [2.24, 2.45) is 0 Å². The van der Waals surface area contributed by atoms with Crippen LogP contribution in [-0.4, -0.2) is 39.0 Å². The molecule has 1 aliphatic heterocycles. The Labute approximate surface area is 141 Å². The van der Waals surface area contributed by atoms with Gasteiger partial charge in [0.1, 0.15) is 11.6 Å². The highest BCUT2D eigenvalue weighted by Crippen LogP contribution is 2.29. The molecule has 4 rings (SSSR count). The number of rotatable bonds is 2. The van der Waals surface area contributed by atoms with Crippen LogP contribution in [0, 0.1) is 13.8 Å². The van der Waals surface area contributed by atoms with Gasteiger partial charge in [0.2, 0.25) is 0 Å². The van der Waals surface area contributed by atoms with Gasteiger partial charge >= 0.3 is 0 Å². The minimum Gasteiger partial charge on any atom is -0.360 e. The molecule has 2 aliphatic rings. The van der Waals surface area contributed by atoms with Crippen molar-refractivity contribution in [3.8, 4) is 0 Å². The lowest BCUT2D eigenvalue weighted by Gasteiger charge is -2.16. The monoisotopic (exact) mass is 326 g/mol. The Morgan fingerprint density at radius 2 is 1.96 bits per heavy atom. The average Bonchev–Trinajstić information content (AvgIpc) is 3.21. The van der Waals surface area contributed by atoms with E-state index in [2.05, 4.69) is 15.1 Å². The summed E-state index contributed by atoms with van der Waals surface area (Å²) in [6, 6.07) is 1.98. The van der Waals surface area contributed by atoms with E-state index in [0.29, 0.717) is 12.2 Å². The molecule has 2 aromatic heterocycles. The van der Waals surface area contributed by atoms with E-state index >= 15 is 0 Å². The van der Waals surface area contributed by atoms with Gasteiger partial charge in [0.05, 0.1) is 0 Å². The van der Waals surface area contributed by atoms with Gasteiger partial charge in [-0.15, -0.1) is 0 Å². The van der Waals surface area contributed by atoms with Gasteiger partial charge in [0.15, 0.2) is 5.69 Å². The third-order valence-electron chi connectivity index (χ3n) is 4.99. The number of likely N-dealkylation sites (tertiary alicyclic amines) is 1. The van der Waals surface area contributed by atoms with Crippen molar-refractivity contribution in [3.05, 3.63) is 40.3 Å². The molecule has 3 heterocycles. The summed E-state index contributed by atoms with van der Waals surface area (Å²) >= 11 is 0. The summed E-state index contributed by atoms with van der Waals surface area (Å²) in [5.41, 5.74) is 3.50. The third-order valence-corrected chi connectivity index (χ3v) is 4.99. The number of nitrogens with zero attached hydrogens (tertiary/aromatic N) is 4. The van der Waals surface area contributed by atoms with Crippen LogP contribution in [-0.2, 0) is 12.8 Å². The van der Waals surface area contributed by atoms with Crippen molar-refractivity contribution < 1.29 is 9.32 Å². The molecule has 126 valence electrons. The first-order valence-corrected chi connectivity index (χ1v) is 8.70. The lowest BCUT2D eigenvalue weighted by atomic mass is 9.96. The number of hydrogen-bond acceptors (Lipinski definition) is 5. The van der Waals surface area contributed by atoms with E-state index in [-0.39, 0.29) is 11.8 Å². The molecule has 6 heteroatoms. The maximum Gasteiger partial charge on any atom is 0.276 e. The number of hydrogen-bond donors (Lipinski definition) is 0. The van der Waals surface area contributed by atoms with Crippen molar-refractivity contribution in [3.63, 3.8) is 0 Å². The molecule has 0 bridgehead atoms. The maximum absolute atomic E-state index is 12.9. The quantitative estimate of drug-likeness (QED) is 0.848. The summed E-state index contributed by atoms with van der Waals surface area (Å²) in [6.45, 7) is 5.35. The van der Waals surface area contributed by atoms with Gasteiger partial charge in [-0.25, -0.2) is 9.97 Å². The minimum absolute atomic E-state index is 0.00576. The Bertz CT molecular complexity index is 763. The smallest absolute Gasteiger partial charge is 0.276 e. The van der Waals surface area contributed by atoms with Crippen LogP contribution in [0.25, 0.3) is 0 Å². The first kappa shape index (κ1) is 15.3. The number of carbonyl (C=O) groups is 1. The van der Waals surface area contributed by atoms with Crippen molar-refractivity contribution in [2.75, 3.05) is 13.1 Å². The van der Waals surface area contributed by atoms with Crippen molar-refractivity contribution in [1.82, 2.24) is 20.0 Å². The first-order chi connectivity index (χ1) is 11.6. The van der Waals surface area contributed by atoms with E-state index < -0.39 is 0 Å². The first-order valence-electron chi connectivity index (χ1n) is 8.70. The highest BCUT2D eigenvalue weighted by atomic mass is 16.5. The van der Waals surface area contributed by atoms with Crippen LogP contribution >= 0.6 is 0 Å². The second-order valence-electron chi connectivity index (χ2n) is 6.89. The van der Waals surface area contributed by atoms with E-state index in [1.54, 1.807) is 0 Å². The van der Waals surface area contributed by atoms with Crippen LogP contribution < -0.4 is 0 Å². The molecular weight excluding hydrogens is 304 g/mol. The molecule has 0 spiro atoms. The van der Waals surface area contributed by atoms with Gasteiger partial charge in [0.25, 0.3) is 5.91 Å². The summed E-state index contributed by atoms with van der Waals surface area (Å²) in [7, 11) is 0. The highest BCUT2D eigenvalue weighted by molar-refractivity contribution is 5.94. The van der Waals surface area contributed by atoms with Crippen LogP contribution in [0.1, 0.15) is 64.2 Å². The van der Waals surface area contributed by atoms with E-state index in [1.165, 1.54) is 0 Å². The van der Waals surface area contributed by atoms with Crippen LogP contribution in [0.3, 0.4) is 0 Å². The normalized spacial score (nSPS) is 20.2. The van der Waals surface area contributed by atoms with E-state index in [0.717, 1.165) is 67.2 Å². The fraction of sp³-hybridized carbons (Fsp3) is 0.556. The van der Waals surface area contributed by atoms with Gasteiger partial charge in [-0.1, -0.05) is 5.16 Å². The molecule has 0 aromatic carbocycles. The fourth-order valence-electron chi connectivity index (χ4n) is 3.79. The van der Waals surface area contributed by atoms with Crippen molar-refractivity contribution in [1.29, 1.82) is 0 Å². The summed E-state index contributed by atoms with van der Waals surface area (Å²) in [5, 5.41) is 4.07. The molecule has 24 heavy (non-hydrogen) atoms. The van der Waals surface area contributed by atoms with Gasteiger partial charge in [-0.3, -0.25) is 4.79 Å². The van der Waals surface area contributed by atoms with Gasteiger partial charge in [-0.05, 0) is 45.6 Å². The highest BCUT2D eigenvalue weighted by Gasteiger charge is 2.33. The standard InChI is InChI=1S/C18H22N4O2/c1-11-9-12(2)20-17(19-11)13-7-8-22(10-13)18(23)16-14-5-3-4-6-15(14)24-21-16/h9,13H,3-8,10H2,1-2H3/t13-/m0/s1. The predicted molar refractivity (Wildman–Crippen MR) is 87.9 cm³/mol. The zero-order valence-electron chi connectivity index (χ0n) is 14.2. The molecule has 1 aliphatic carbocycles. The maximum atomic E-state index is 12.9. The minimum atomic E-state index is -0.00576. The molecule has 1 fully saturated rings. The van der Waals surface area contributed by atoms with Gasteiger partial charge in [-0.2, -0.15) is 0 Å². The molecular formula is C18H22N4O2. The Kier molecular flexibility index (Phi) is 3.82. The van der Waals surface area contributed by atoms with Gasteiger partial charge in [0, 0.05) is 42.4 Å². The Morgan fingerprint density at radius 1 is 1.21 bits per heavy atom. The van der Waals surface area contributed by atoms with Crippen molar-refractivity contribution in [2.45, 2.75) is 51.9 Å². The Balaban J connectivity index is 1.52. The lowest BCUT2D eigenvalue weighted by molar-refractivity contribution is 0.0779. The Morgan fingerprint density at radius 3 is 2.75 bits per heavy atom. The Hall–Kier alpha value is -2.24. The molecule has 1 saturated heterocycles. The molecule has 1 atom stereocenters. The topological polar surface area (TPSA) is 72.1 Å². The number of carbonyl (C=O) groups excluding carboxylic acids is 1. The summed E-state index contributed by atoms with van der Waals surface area (Å²) < 4.78 is 5.39. The summed E-state index contributed by atoms with van der Waals surface area (Å²) in [4.78, 5) is 23.8. The van der Waals surface area contributed by atoms with Crippen LogP contribution in [0.5, 0.6) is 0 Å². The summed E-state index contributed by atoms with van der Waals surface area (Å²) in [5.74, 6) is 1.95. The molecule has 0 radical (unpaired) electrons. The van der Waals surface area contributed by atoms with Crippen LogP contribution in [0.4, 0.5) is 0 Å². The van der Waals surface area contributed by atoms with Crippen LogP contribution in [0.2, 0.25) is 0 Å². The fourth-order valence-corrected chi connectivity index (χ4v) is 3.79. The van der Waals surface area contributed by atoms with E-state index in [4.69, 9.17) is 4.52 Å². The van der Waals surface area contributed by atoms with Gasteiger partial charge < -0.3 is 9.42 Å². The second kappa shape index (κ2) is 6.00. The lowest BCUT2D eigenvalue weighted by Crippen LogP contribution is -2.30. The second-order valence-corrected chi connectivity index (χ2v) is 6.89. The zero-order chi connectivity index (χ0) is 16.7. The zero-order valence-corrected chi connectivity index (χ0v) is 14.2. The number of amides is 1. The van der Waals surface area contributed by atoms with Crippen LogP contribution in [0.15, 0.2) is 10.6 Å². The molecule has 0 unspecified atom stereocenters. The molecule has 0 N–H and O–H groups in total. The largest absolute Gasteiger partial charge is 0.360 e. The number of aromatic nitrogens is 3. The third kappa shape index (κ3) is 2.70. The molecule has 6 nitrogen and oxygen atoms in total. The number of fused-ring (bicyclic) bond motifs is 1. The van der Waals surface area contributed by atoms with Crippen molar-refractivity contribution >= 4 is 5.91 Å².